The van der Waals surface area contributed by atoms with E-state index in [2.05, 4.69) is 0 Å². The van der Waals surface area contributed by atoms with Crippen LogP contribution in [0.2, 0.25) is 10.0 Å². The molecule has 0 aromatic heterocycles. The lowest BCUT2D eigenvalue weighted by Gasteiger charge is -2.31. The van der Waals surface area contributed by atoms with Crippen LogP contribution >= 0.6 is 23.2 Å². The number of carbonyl (C=O) groups excluding carboxylic acids is 2. The number of benzene rings is 2. The van der Waals surface area contributed by atoms with Gasteiger partial charge in [0.15, 0.2) is 6.10 Å². The van der Waals surface area contributed by atoms with Gasteiger partial charge in [-0.3, -0.25) is 9.59 Å². The van der Waals surface area contributed by atoms with Gasteiger partial charge in [0.1, 0.15) is 12.4 Å². The van der Waals surface area contributed by atoms with E-state index in [0.29, 0.717) is 27.9 Å². The Kier molecular flexibility index (Phi) is 6.21. The Morgan fingerprint density at radius 1 is 1.22 bits per heavy atom. The fraction of sp³-hybridized carbons (Fsp3) is 0.263. The van der Waals surface area contributed by atoms with E-state index in [-0.39, 0.29) is 25.7 Å². The monoisotopic (exact) mass is 408 g/mol. The molecule has 2 N–H and O–H groups in total. The zero-order valence-electron chi connectivity index (χ0n) is 14.4. The summed E-state index contributed by atoms with van der Waals surface area (Å²) in [5.74, 6) is -0.410. The van der Waals surface area contributed by atoms with Gasteiger partial charge in [0, 0.05) is 22.2 Å². The molecule has 1 atom stereocenters. The Labute approximate surface area is 166 Å². The van der Waals surface area contributed by atoms with Gasteiger partial charge in [-0.15, -0.1) is 0 Å². The first kappa shape index (κ1) is 19.5. The summed E-state index contributed by atoms with van der Waals surface area (Å²) < 4.78 is 11.1. The normalized spacial score (nSPS) is 16.8. The van der Waals surface area contributed by atoms with Crippen molar-refractivity contribution in [2.24, 2.45) is 5.73 Å². The molecule has 1 heterocycles. The summed E-state index contributed by atoms with van der Waals surface area (Å²) in [7, 11) is 0. The molecule has 0 aliphatic carbocycles. The van der Waals surface area contributed by atoms with E-state index in [1.807, 2.05) is 0 Å². The molecule has 0 bridgehead atoms. The number of rotatable bonds is 5. The molecule has 0 radical (unpaired) electrons. The number of amides is 2. The zero-order chi connectivity index (χ0) is 19.4. The minimum Gasteiger partial charge on any atom is -0.488 e. The van der Waals surface area contributed by atoms with Gasteiger partial charge in [-0.25, -0.2) is 0 Å². The van der Waals surface area contributed by atoms with Crippen LogP contribution in [0.15, 0.2) is 42.5 Å². The van der Waals surface area contributed by atoms with Crippen molar-refractivity contribution >= 4 is 35.0 Å². The predicted octanol–water partition coefficient (Wildman–Crippen LogP) is 2.90. The lowest BCUT2D eigenvalue weighted by atomic mass is 10.1. The average Bonchev–Trinajstić information content (AvgIpc) is 2.67. The second kappa shape index (κ2) is 8.61. The molecule has 1 aliphatic rings. The Bertz CT molecular complexity index is 859. The summed E-state index contributed by atoms with van der Waals surface area (Å²) in [5, 5.41) is 1.03. The van der Waals surface area contributed by atoms with Crippen LogP contribution in [-0.4, -0.2) is 42.5 Å². The molecular formula is C19H18Cl2N2O4. The number of nitrogens with zero attached hydrogens (tertiary/aromatic N) is 1. The van der Waals surface area contributed by atoms with Crippen molar-refractivity contribution in [3.05, 3.63) is 63.6 Å². The molecule has 0 unspecified atom stereocenters. The Hall–Kier alpha value is -2.28. The Morgan fingerprint density at radius 3 is 2.74 bits per heavy atom. The van der Waals surface area contributed by atoms with E-state index >= 15 is 0 Å². The highest BCUT2D eigenvalue weighted by Crippen LogP contribution is 2.25. The molecule has 6 nitrogen and oxygen atoms in total. The molecule has 8 heteroatoms. The van der Waals surface area contributed by atoms with Crippen LogP contribution in [-0.2, 0) is 16.1 Å². The summed E-state index contributed by atoms with van der Waals surface area (Å²) in [6.45, 7) is 0.932. The molecule has 27 heavy (non-hydrogen) atoms. The van der Waals surface area contributed by atoms with Crippen LogP contribution in [0.5, 0.6) is 5.75 Å². The van der Waals surface area contributed by atoms with Crippen molar-refractivity contribution in [1.29, 1.82) is 0 Å². The number of hydrogen-bond acceptors (Lipinski definition) is 4. The highest BCUT2D eigenvalue weighted by molar-refractivity contribution is 6.35. The number of hydrogen-bond donors (Lipinski definition) is 1. The van der Waals surface area contributed by atoms with Crippen molar-refractivity contribution in [1.82, 2.24) is 4.90 Å². The largest absolute Gasteiger partial charge is 0.488 e. The first-order valence-corrected chi connectivity index (χ1v) is 9.07. The zero-order valence-corrected chi connectivity index (χ0v) is 15.9. The summed E-state index contributed by atoms with van der Waals surface area (Å²) in [6, 6.07) is 12.0. The van der Waals surface area contributed by atoms with Crippen molar-refractivity contribution in [3.8, 4) is 5.75 Å². The molecule has 3 rings (SSSR count). The third-order valence-corrected chi connectivity index (χ3v) is 4.77. The first-order valence-electron chi connectivity index (χ1n) is 8.31. The van der Waals surface area contributed by atoms with E-state index in [1.165, 1.54) is 4.90 Å². The highest BCUT2D eigenvalue weighted by Gasteiger charge is 2.29. The van der Waals surface area contributed by atoms with Crippen LogP contribution in [0.3, 0.4) is 0 Å². The Balaban J connectivity index is 1.75. The van der Waals surface area contributed by atoms with E-state index in [4.69, 9.17) is 38.4 Å². The van der Waals surface area contributed by atoms with Gasteiger partial charge in [-0.1, -0.05) is 41.4 Å². The number of nitrogens with two attached hydrogens (primary N) is 1. The van der Waals surface area contributed by atoms with Crippen LogP contribution in [0, 0.1) is 0 Å². The maximum absolute atomic E-state index is 12.9. The summed E-state index contributed by atoms with van der Waals surface area (Å²) in [4.78, 5) is 25.8. The van der Waals surface area contributed by atoms with Crippen LogP contribution in [0.4, 0.5) is 0 Å². The van der Waals surface area contributed by atoms with E-state index in [0.717, 1.165) is 5.56 Å². The molecule has 2 aromatic rings. The van der Waals surface area contributed by atoms with Crippen molar-refractivity contribution in [2.75, 3.05) is 19.7 Å². The molecule has 1 fully saturated rings. The van der Waals surface area contributed by atoms with E-state index in [1.54, 1.807) is 42.5 Å². The number of halogens is 2. The lowest BCUT2D eigenvalue weighted by Crippen LogP contribution is -2.50. The maximum Gasteiger partial charge on any atom is 0.257 e. The van der Waals surface area contributed by atoms with Gasteiger partial charge < -0.3 is 20.1 Å². The molecule has 0 spiro atoms. The smallest absolute Gasteiger partial charge is 0.257 e. The van der Waals surface area contributed by atoms with Gasteiger partial charge >= 0.3 is 0 Å². The predicted molar refractivity (Wildman–Crippen MR) is 102 cm³/mol. The molecule has 1 aliphatic heterocycles. The maximum atomic E-state index is 12.9. The average molecular weight is 409 g/mol. The van der Waals surface area contributed by atoms with Gasteiger partial charge in [0.2, 0.25) is 5.91 Å². The molecule has 0 saturated carbocycles. The highest BCUT2D eigenvalue weighted by atomic mass is 35.5. The molecule has 142 valence electrons. The molecule has 1 saturated heterocycles. The SMILES string of the molecule is NC(=O)[C@H]1CN(C(=O)c2ccccc2OCc2ccc(Cl)cc2Cl)CCO1. The van der Waals surface area contributed by atoms with Crippen LogP contribution < -0.4 is 10.5 Å². The number of ether oxygens (including phenoxy) is 2. The quantitative estimate of drug-likeness (QED) is 0.824. The number of primary amides is 1. The van der Waals surface area contributed by atoms with Crippen molar-refractivity contribution in [2.45, 2.75) is 12.7 Å². The number of carbonyl (C=O) groups is 2. The van der Waals surface area contributed by atoms with Gasteiger partial charge in [-0.05, 0) is 24.3 Å². The second-order valence-electron chi connectivity index (χ2n) is 6.03. The molecular weight excluding hydrogens is 391 g/mol. The van der Waals surface area contributed by atoms with Gasteiger partial charge in [0.25, 0.3) is 5.91 Å². The van der Waals surface area contributed by atoms with Crippen molar-refractivity contribution in [3.63, 3.8) is 0 Å². The van der Waals surface area contributed by atoms with Crippen LogP contribution in [0.1, 0.15) is 15.9 Å². The first-order chi connectivity index (χ1) is 13.0. The van der Waals surface area contributed by atoms with E-state index in [9.17, 15) is 9.59 Å². The van der Waals surface area contributed by atoms with E-state index < -0.39 is 12.0 Å². The topological polar surface area (TPSA) is 81.9 Å². The summed E-state index contributed by atoms with van der Waals surface area (Å²) in [6.07, 6.45) is -0.802. The lowest BCUT2D eigenvalue weighted by molar-refractivity contribution is -0.133. The Morgan fingerprint density at radius 2 is 2.00 bits per heavy atom. The second-order valence-corrected chi connectivity index (χ2v) is 6.88. The van der Waals surface area contributed by atoms with Crippen LogP contribution in [0.25, 0.3) is 0 Å². The van der Waals surface area contributed by atoms with Gasteiger partial charge in [0.05, 0.1) is 18.7 Å². The van der Waals surface area contributed by atoms with Gasteiger partial charge in [-0.2, -0.15) is 0 Å². The summed E-state index contributed by atoms with van der Waals surface area (Å²) in [5.41, 5.74) is 6.44. The fourth-order valence-corrected chi connectivity index (χ4v) is 3.20. The standard InChI is InChI=1S/C19H18Cl2N2O4/c20-13-6-5-12(15(21)9-13)11-27-16-4-2-1-3-14(16)19(25)23-7-8-26-17(10-23)18(22)24/h1-6,9,17H,7-8,10-11H2,(H2,22,24)/t17-/m1/s1. The molecule has 2 amide bonds. The molecule has 2 aromatic carbocycles. The minimum absolute atomic E-state index is 0.117. The van der Waals surface area contributed by atoms with Crippen molar-refractivity contribution < 1.29 is 19.1 Å². The summed E-state index contributed by atoms with van der Waals surface area (Å²) >= 11 is 12.1. The third-order valence-electron chi connectivity index (χ3n) is 4.19. The number of para-hydroxylation sites is 1. The fourth-order valence-electron chi connectivity index (χ4n) is 2.74. The third kappa shape index (κ3) is 4.71. The minimum atomic E-state index is -0.802. The number of morpholine rings is 1.